The van der Waals surface area contributed by atoms with E-state index in [9.17, 15) is 0 Å². The number of nitrogen functional groups attached to an aromatic ring is 1. The molecule has 114 valence electrons. The number of anilines is 2. The molecule has 0 fully saturated rings. The summed E-state index contributed by atoms with van der Waals surface area (Å²) < 4.78 is 1.85. The number of nitrogens with zero attached hydrogens (tertiary/aromatic N) is 2. The van der Waals surface area contributed by atoms with Crippen LogP contribution >= 0.6 is 0 Å². The fourth-order valence-corrected chi connectivity index (χ4v) is 2.49. The predicted molar refractivity (Wildman–Crippen MR) is 89.6 cm³/mol. The molecule has 1 unspecified atom stereocenters. The highest BCUT2D eigenvalue weighted by atomic mass is 15.3. The van der Waals surface area contributed by atoms with Gasteiger partial charge in [-0.3, -0.25) is 4.68 Å². The molecule has 2 aromatic rings. The lowest BCUT2D eigenvalue weighted by atomic mass is 10.1. The Balaban J connectivity index is 1.98. The van der Waals surface area contributed by atoms with Crippen LogP contribution in [0.2, 0.25) is 0 Å². The summed E-state index contributed by atoms with van der Waals surface area (Å²) in [6, 6.07) is 10.9. The molecular formula is C17H26N4. The van der Waals surface area contributed by atoms with Gasteiger partial charge in [0.25, 0.3) is 0 Å². The predicted octanol–water partition coefficient (Wildman–Crippen LogP) is 3.56. The van der Waals surface area contributed by atoms with Crippen LogP contribution in [-0.4, -0.2) is 15.8 Å². The van der Waals surface area contributed by atoms with Crippen molar-refractivity contribution < 1.29 is 0 Å². The Kier molecular flexibility index (Phi) is 4.89. The van der Waals surface area contributed by atoms with Gasteiger partial charge in [0.2, 0.25) is 0 Å². The zero-order valence-corrected chi connectivity index (χ0v) is 13.4. The van der Waals surface area contributed by atoms with Crippen molar-refractivity contribution in [2.24, 2.45) is 7.05 Å². The maximum Gasteiger partial charge on any atom is 0.147 e. The molecule has 3 N–H and O–H groups in total. The first-order chi connectivity index (χ1) is 9.99. The lowest BCUT2D eigenvalue weighted by molar-refractivity contribution is 0.675. The molecule has 21 heavy (non-hydrogen) atoms. The summed E-state index contributed by atoms with van der Waals surface area (Å²) in [7, 11) is 1.94. The minimum atomic E-state index is 0.339. The summed E-state index contributed by atoms with van der Waals surface area (Å²) in [5.41, 5.74) is 9.33. The Morgan fingerprint density at radius 2 is 1.86 bits per heavy atom. The van der Waals surface area contributed by atoms with Crippen LogP contribution in [0, 0.1) is 0 Å². The number of nitrogens with one attached hydrogen (secondary N) is 1. The van der Waals surface area contributed by atoms with E-state index < -0.39 is 0 Å². The van der Waals surface area contributed by atoms with Crippen LogP contribution in [0.5, 0.6) is 0 Å². The van der Waals surface area contributed by atoms with Gasteiger partial charge in [0.05, 0.1) is 11.4 Å². The van der Waals surface area contributed by atoms with Gasteiger partial charge in [-0.25, -0.2) is 0 Å². The van der Waals surface area contributed by atoms with E-state index >= 15 is 0 Å². The van der Waals surface area contributed by atoms with Crippen molar-refractivity contribution in [3.63, 3.8) is 0 Å². The van der Waals surface area contributed by atoms with Crippen molar-refractivity contribution in [1.29, 1.82) is 0 Å². The van der Waals surface area contributed by atoms with Gasteiger partial charge in [-0.2, -0.15) is 5.10 Å². The molecule has 0 aliphatic rings. The fraction of sp³-hybridized carbons (Fsp3) is 0.471. The van der Waals surface area contributed by atoms with Crippen molar-refractivity contribution in [3.8, 4) is 0 Å². The molecule has 0 bridgehead atoms. The van der Waals surface area contributed by atoms with Gasteiger partial charge in [0.15, 0.2) is 0 Å². The molecule has 1 aromatic heterocycles. The zero-order chi connectivity index (χ0) is 15.4. The second-order valence-electron chi connectivity index (χ2n) is 6.00. The Morgan fingerprint density at radius 3 is 2.43 bits per heavy atom. The van der Waals surface area contributed by atoms with E-state index in [-0.39, 0.29) is 0 Å². The number of hydrogen-bond donors (Lipinski definition) is 2. The van der Waals surface area contributed by atoms with Gasteiger partial charge >= 0.3 is 0 Å². The lowest BCUT2D eigenvalue weighted by Gasteiger charge is -2.16. The van der Waals surface area contributed by atoms with E-state index in [4.69, 9.17) is 5.73 Å². The third kappa shape index (κ3) is 3.78. The van der Waals surface area contributed by atoms with Crippen molar-refractivity contribution in [2.75, 3.05) is 11.1 Å². The summed E-state index contributed by atoms with van der Waals surface area (Å²) in [5, 5.41) is 8.01. The Morgan fingerprint density at radius 1 is 1.19 bits per heavy atom. The minimum absolute atomic E-state index is 0.339. The van der Waals surface area contributed by atoms with E-state index in [1.54, 1.807) is 0 Å². The number of hydrogen-bond acceptors (Lipinski definition) is 3. The molecule has 0 radical (unpaired) electrons. The lowest BCUT2D eigenvalue weighted by Crippen LogP contribution is -2.19. The first kappa shape index (κ1) is 15.4. The van der Waals surface area contributed by atoms with Crippen LogP contribution in [-0.2, 0) is 13.5 Å². The SMILES string of the molecule is CC(CCc1ccccc1)Nc1c(N)c(C(C)C)nn1C. The van der Waals surface area contributed by atoms with Crippen LogP contribution < -0.4 is 11.1 Å². The van der Waals surface area contributed by atoms with Crippen molar-refractivity contribution in [2.45, 2.75) is 45.6 Å². The summed E-state index contributed by atoms with van der Waals surface area (Å²) in [6.45, 7) is 6.41. The Hall–Kier alpha value is -1.97. The van der Waals surface area contributed by atoms with Gasteiger partial charge in [0.1, 0.15) is 5.82 Å². The summed E-state index contributed by atoms with van der Waals surface area (Å²) in [4.78, 5) is 0. The number of rotatable bonds is 6. The Labute approximate surface area is 127 Å². The first-order valence-electron chi connectivity index (χ1n) is 7.61. The quantitative estimate of drug-likeness (QED) is 0.853. The van der Waals surface area contributed by atoms with Crippen LogP contribution in [0.25, 0.3) is 0 Å². The maximum atomic E-state index is 6.21. The summed E-state index contributed by atoms with van der Waals surface area (Å²) in [6.07, 6.45) is 2.12. The second-order valence-corrected chi connectivity index (χ2v) is 6.00. The number of aromatic nitrogens is 2. The molecule has 1 heterocycles. The van der Waals surface area contributed by atoms with E-state index in [1.165, 1.54) is 5.56 Å². The topological polar surface area (TPSA) is 55.9 Å². The van der Waals surface area contributed by atoms with Gasteiger partial charge in [-0.05, 0) is 31.2 Å². The van der Waals surface area contributed by atoms with E-state index in [1.807, 2.05) is 11.7 Å². The molecule has 2 rings (SSSR count). The smallest absolute Gasteiger partial charge is 0.147 e. The van der Waals surface area contributed by atoms with Gasteiger partial charge in [0, 0.05) is 13.1 Å². The van der Waals surface area contributed by atoms with Crippen LogP contribution in [0.15, 0.2) is 30.3 Å². The fourth-order valence-electron chi connectivity index (χ4n) is 2.49. The second kappa shape index (κ2) is 6.66. The normalized spacial score (nSPS) is 12.6. The molecule has 4 nitrogen and oxygen atoms in total. The standard InChI is InChI=1S/C17H26N4/c1-12(2)16-15(18)17(21(4)20-16)19-13(3)10-11-14-8-6-5-7-9-14/h5-9,12-13,19H,10-11,18H2,1-4H3. The van der Waals surface area contributed by atoms with Crippen LogP contribution in [0.1, 0.15) is 44.4 Å². The highest BCUT2D eigenvalue weighted by Crippen LogP contribution is 2.28. The van der Waals surface area contributed by atoms with Gasteiger partial charge in [-0.15, -0.1) is 0 Å². The molecule has 0 spiro atoms. The van der Waals surface area contributed by atoms with Crippen molar-refractivity contribution >= 4 is 11.5 Å². The summed E-state index contributed by atoms with van der Waals surface area (Å²) in [5.74, 6) is 1.27. The van der Waals surface area contributed by atoms with Gasteiger partial charge < -0.3 is 11.1 Å². The van der Waals surface area contributed by atoms with Crippen molar-refractivity contribution in [1.82, 2.24) is 9.78 Å². The zero-order valence-electron chi connectivity index (χ0n) is 13.4. The number of aryl methyl sites for hydroxylation is 2. The molecule has 4 heteroatoms. The molecule has 1 atom stereocenters. The molecule has 0 amide bonds. The van der Waals surface area contributed by atoms with E-state index in [0.29, 0.717) is 12.0 Å². The number of benzene rings is 1. The molecule has 0 saturated heterocycles. The first-order valence-corrected chi connectivity index (χ1v) is 7.61. The molecule has 0 aliphatic carbocycles. The average Bonchev–Trinajstić information content (AvgIpc) is 2.74. The monoisotopic (exact) mass is 286 g/mol. The highest BCUT2D eigenvalue weighted by Gasteiger charge is 2.17. The van der Waals surface area contributed by atoms with Crippen LogP contribution in [0.3, 0.4) is 0 Å². The number of nitrogens with two attached hydrogens (primary N) is 1. The minimum Gasteiger partial charge on any atom is -0.394 e. The van der Waals surface area contributed by atoms with Gasteiger partial charge in [-0.1, -0.05) is 44.2 Å². The van der Waals surface area contributed by atoms with E-state index in [2.05, 4.69) is 61.5 Å². The maximum absolute atomic E-state index is 6.21. The third-order valence-electron chi connectivity index (χ3n) is 3.75. The molecule has 0 aliphatic heterocycles. The largest absolute Gasteiger partial charge is 0.394 e. The molecular weight excluding hydrogens is 260 g/mol. The van der Waals surface area contributed by atoms with E-state index in [0.717, 1.165) is 30.0 Å². The summed E-state index contributed by atoms with van der Waals surface area (Å²) >= 11 is 0. The highest BCUT2D eigenvalue weighted by molar-refractivity contribution is 5.66. The average molecular weight is 286 g/mol. The van der Waals surface area contributed by atoms with Crippen molar-refractivity contribution in [3.05, 3.63) is 41.6 Å². The Bertz CT molecular complexity index is 572. The molecule has 0 saturated carbocycles. The molecule has 1 aromatic carbocycles. The van der Waals surface area contributed by atoms with Crippen LogP contribution in [0.4, 0.5) is 11.5 Å². The third-order valence-corrected chi connectivity index (χ3v) is 3.75.